The summed E-state index contributed by atoms with van der Waals surface area (Å²) in [5, 5.41) is 4.04. The normalized spacial score (nSPS) is 16.7. The number of carbonyl (C=O) groups is 1. The van der Waals surface area contributed by atoms with E-state index in [1.807, 2.05) is 11.9 Å². The highest BCUT2D eigenvalue weighted by Gasteiger charge is 2.25. The monoisotopic (exact) mass is 300 g/mol. The first kappa shape index (κ1) is 14.6. The van der Waals surface area contributed by atoms with Crippen LogP contribution < -0.4 is 5.32 Å². The Kier molecular flexibility index (Phi) is 5.08. The Morgan fingerprint density at radius 1 is 1.32 bits per heavy atom. The van der Waals surface area contributed by atoms with Gasteiger partial charge in [-0.1, -0.05) is 29.3 Å². The van der Waals surface area contributed by atoms with E-state index >= 15 is 0 Å². The summed E-state index contributed by atoms with van der Waals surface area (Å²) in [5.41, 5.74) is 0.429. The van der Waals surface area contributed by atoms with Gasteiger partial charge in [-0.25, -0.2) is 0 Å². The first-order valence-electron chi connectivity index (χ1n) is 6.51. The Balaban J connectivity index is 2.05. The molecule has 1 fully saturated rings. The van der Waals surface area contributed by atoms with Crippen LogP contribution in [0.5, 0.6) is 0 Å². The maximum Gasteiger partial charge on any atom is 0.256 e. The van der Waals surface area contributed by atoms with E-state index in [2.05, 4.69) is 5.32 Å². The van der Waals surface area contributed by atoms with Crippen molar-refractivity contribution in [2.24, 2.45) is 5.92 Å². The molecule has 1 aliphatic rings. The van der Waals surface area contributed by atoms with Gasteiger partial charge in [0, 0.05) is 13.1 Å². The van der Waals surface area contributed by atoms with Crippen LogP contribution in [0, 0.1) is 5.92 Å². The number of benzene rings is 1. The van der Waals surface area contributed by atoms with Gasteiger partial charge in [0.25, 0.3) is 5.91 Å². The fraction of sp³-hybridized carbons (Fsp3) is 0.500. The second-order valence-electron chi connectivity index (χ2n) is 4.89. The topological polar surface area (TPSA) is 32.3 Å². The molecule has 5 heteroatoms. The molecule has 1 aromatic rings. The zero-order valence-electron chi connectivity index (χ0n) is 11.0. The number of nitrogens with zero attached hydrogens (tertiary/aromatic N) is 1. The Morgan fingerprint density at radius 3 is 2.42 bits per heavy atom. The van der Waals surface area contributed by atoms with Gasteiger partial charge < -0.3 is 10.2 Å². The highest BCUT2D eigenvalue weighted by Crippen LogP contribution is 2.27. The zero-order valence-corrected chi connectivity index (χ0v) is 12.5. The lowest BCUT2D eigenvalue weighted by Gasteiger charge is -2.32. The van der Waals surface area contributed by atoms with Crippen LogP contribution in [0.1, 0.15) is 23.2 Å². The minimum absolute atomic E-state index is 0.0569. The van der Waals surface area contributed by atoms with E-state index in [-0.39, 0.29) is 5.91 Å². The summed E-state index contributed by atoms with van der Waals surface area (Å²) >= 11 is 12.2. The molecule has 0 saturated carbocycles. The number of piperidine rings is 1. The molecule has 1 amide bonds. The van der Waals surface area contributed by atoms with Crippen LogP contribution in [0.4, 0.5) is 0 Å². The predicted octanol–water partition coefficient (Wildman–Crippen LogP) is 3.07. The van der Waals surface area contributed by atoms with Crippen molar-refractivity contribution in [3.05, 3.63) is 33.8 Å². The maximum atomic E-state index is 12.4. The highest BCUT2D eigenvalue weighted by molar-refractivity contribution is 6.39. The molecule has 0 aliphatic carbocycles. The molecule has 1 N–H and O–H groups in total. The lowest BCUT2D eigenvalue weighted by Crippen LogP contribution is -2.40. The summed E-state index contributed by atoms with van der Waals surface area (Å²) < 4.78 is 0. The van der Waals surface area contributed by atoms with E-state index in [0.29, 0.717) is 21.5 Å². The highest BCUT2D eigenvalue weighted by atomic mass is 35.5. The molecule has 0 aromatic heterocycles. The molecule has 1 saturated heterocycles. The van der Waals surface area contributed by atoms with Crippen molar-refractivity contribution in [3.63, 3.8) is 0 Å². The van der Waals surface area contributed by atoms with Crippen molar-refractivity contribution >= 4 is 29.1 Å². The summed E-state index contributed by atoms with van der Waals surface area (Å²) in [6.07, 6.45) is 2.04. The van der Waals surface area contributed by atoms with Crippen molar-refractivity contribution in [1.29, 1.82) is 0 Å². The van der Waals surface area contributed by atoms with Crippen LogP contribution in [0.15, 0.2) is 18.2 Å². The number of nitrogens with one attached hydrogen (secondary N) is 1. The average Bonchev–Trinajstić information content (AvgIpc) is 2.39. The third kappa shape index (κ3) is 3.41. The van der Waals surface area contributed by atoms with Gasteiger partial charge in [0.1, 0.15) is 0 Å². The van der Waals surface area contributed by atoms with E-state index in [4.69, 9.17) is 23.2 Å². The molecule has 1 aromatic carbocycles. The number of halogens is 2. The van der Waals surface area contributed by atoms with E-state index in [9.17, 15) is 4.79 Å². The number of amides is 1. The fourth-order valence-electron chi connectivity index (χ4n) is 2.49. The van der Waals surface area contributed by atoms with Gasteiger partial charge in [0.05, 0.1) is 15.6 Å². The number of likely N-dealkylation sites (tertiary alicyclic amines) is 1. The van der Waals surface area contributed by atoms with Gasteiger partial charge in [-0.2, -0.15) is 0 Å². The molecule has 0 unspecified atom stereocenters. The van der Waals surface area contributed by atoms with Gasteiger partial charge in [0.2, 0.25) is 0 Å². The van der Waals surface area contributed by atoms with E-state index in [0.717, 1.165) is 32.5 Å². The molecule has 0 radical (unpaired) electrons. The Labute approximate surface area is 123 Å². The van der Waals surface area contributed by atoms with Crippen LogP contribution >= 0.6 is 23.2 Å². The molecule has 0 bridgehead atoms. The van der Waals surface area contributed by atoms with Crippen molar-refractivity contribution in [2.45, 2.75) is 12.8 Å². The van der Waals surface area contributed by atoms with Crippen LogP contribution in [-0.4, -0.2) is 37.5 Å². The van der Waals surface area contributed by atoms with Gasteiger partial charge in [-0.05, 0) is 44.5 Å². The zero-order chi connectivity index (χ0) is 13.8. The molecule has 3 nitrogen and oxygen atoms in total. The maximum absolute atomic E-state index is 12.4. The summed E-state index contributed by atoms with van der Waals surface area (Å²) in [6.45, 7) is 2.55. The number of rotatable bonds is 3. The van der Waals surface area contributed by atoms with Gasteiger partial charge >= 0.3 is 0 Å². The lowest BCUT2D eigenvalue weighted by atomic mass is 9.96. The van der Waals surface area contributed by atoms with E-state index in [1.165, 1.54) is 0 Å². The molecule has 104 valence electrons. The average molecular weight is 301 g/mol. The summed E-state index contributed by atoms with van der Waals surface area (Å²) in [6, 6.07) is 5.16. The number of hydrogen-bond donors (Lipinski definition) is 1. The van der Waals surface area contributed by atoms with Crippen molar-refractivity contribution in [1.82, 2.24) is 10.2 Å². The summed E-state index contributed by atoms with van der Waals surface area (Å²) in [5.74, 6) is 0.592. The first-order valence-corrected chi connectivity index (χ1v) is 7.27. The SMILES string of the molecule is CNCC1CCN(C(=O)c2c(Cl)cccc2Cl)CC1. The fourth-order valence-corrected chi connectivity index (χ4v) is 3.05. The van der Waals surface area contributed by atoms with Crippen LogP contribution in [-0.2, 0) is 0 Å². The van der Waals surface area contributed by atoms with Crippen LogP contribution in [0.25, 0.3) is 0 Å². The Morgan fingerprint density at radius 2 is 1.89 bits per heavy atom. The molecule has 2 rings (SSSR count). The van der Waals surface area contributed by atoms with Crippen LogP contribution in [0.2, 0.25) is 10.0 Å². The summed E-state index contributed by atoms with van der Waals surface area (Å²) in [4.78, 5) is 14.3. The predicted molar refractivity (Wildman–Crippen MR) is 79.0 cm³/mol. The Bertz CT molecular complexity index is 437. The van der Waals surface area contributed by atoms with Gasteiger partial charge in [-0.3, -0.25) is 4.79 Å². The third-order valence-corrected chi connectivity index (χ3v) is 4.20. The molecule has 1 heterocycles. The van der Waals surface area contributed by atoms with E-state index < -0.39 is 0 Å². The smallest absolute Gasteiger partial charge is 0.256 e. The molecular formula is C14H18Cl2N2O. The largest absolute Gasteiger partial charge is 0.339 e. The first-order chi connectivity index (χ1) is 9.13. The molecule has 1 aliphatic heterocycles. The quantitative estimate of drug-likeness (QED) is 0.930. The Hall–Kier alpha value is -0.770. The van der Waals surface area contributed by atoms with Gasteiger partial charge in [-0.15, -0.1) is 0 Å². The number of carbonyl (C=O) groups excluding carboxylic acids is 1. The second-order valence-corrected chi connectivity index (χ2v) is 5.70. The minimum Gasteiger partial charge on any atom is -0.339 e. The van der Waals surface area contributed by atoms with E-state index in [1.54, 1.807) is 18.2 Å². The standard InChI is InChI=1S/C14H18Cl2N2O/c1-17-9-10-5-7-18(8-6-10)14(19)13-11(15)3-2-4-12(13)16/h2-4,10,17H,5-9H2,1H3. The minimum atomic E-state index is -0.0569. The third-order valence-electron chi connectivity index (χ3n) is 3.57. The lowest BCUT2D eigenvalue weighted by molar-refractivity contribution is 0.0691. The van der Waals surface area contributed by atoms with Crippen LogP contribution in [0.3, 0.4) is 0 Å². The van der Waals surface area contributed by atoms with Crippen molar-refractivity contribution < 1.29 is 4.79 Å². The molecule has 0 spiro atoms. The van der Waals surface area contributed by atoms with Gasteiger partial charge in [0.15, 0.2) is 0 Å². The molecule has 19 heavy (non-hydrogen) atoms. The molecular weight excluding hydrogens is 283 g/mol. The molecule has 0 atom stereocenters. The van der Waals surface area contributed by atoms with Crippen molar-refractivity contribution in [3.8, 4) is 0 Å². The second kappa shape index (κ2) is 6.60. The summed E-state index contributed by atoms with van der Waals surface area (Å²) in [7, 11) is 1.96. The number of hydrogen-bond acceptors (Lipinski definition) is 2. The van der Waals surface area contributed by atoms with Crippen molar-refractivity contribution in [2.75, 3.05) is 26.7 Å².